The predicted octanol–water partition coefficient (Wildman–Crippen LogP) is 2.75. The van der Waals surface area contributed by atoms with E-state index >= 15 is 0 Å². The first kappa shape index (κ1) is 17.2. The second kappa shape index (κ2) is 7.19. The fourth-order valence-electron chi connectivity index (χ4n) is 4.36. The summed E-state index contributed by atoms with van der Waals surface area (Å²) in [4.78, 5) is 12.9. The van der Waals surface area contributed by atoms with Gasteiger partial charge in [0, 0.05) is 17.3 Å². The molecule has 3 N–H and O–H groups in total. The Bertz CT molecular complexity index is 816. The minimum atomic E-state index is -0.327. The first-order chi connectivity index (χ1) is 12.7. The normalized spacial score (nSPS) is 22.2. The predicted molar refractivity (Wildman–Crippen MR) is 97.8 cm³/mol. The Morgan fingerprint density at radius 2 is 2.04 bits per heavy atom. The Morgan fingerprint density at radius 1 is 1.23 bits per heavy atom. The molecule has 2 aromatic rings. The van der Waals surface area contributed by atoms with Crippen LogP contribution in [0.4, 0.5) is 4.39 Å². The third kappa shape index (κ3) is 3.03. The lowest BCUT2D eigenvalue weighted by Gasteiger charge is -2.31. The van der Waals surface area contributed by atoms with Gasteiger partial charge in [-0.25, -0.2) is 9.07 Å². The SMILES string of the molecule is NCC1CCCCC1NC(=O)c1nn(-c2ccccc2F)c2c1CCC2. The van der Waals surface area contributed by atoms with Crippen LogP contribution in [0, 0.1) is 11.7 Å². The summed E-state index contributed by atoms with van der Waals surface area (Å²) in [5, 5.41) is 7.67. The highest BCUT2D eigenvalue weighted by Gasteiger charge is 2.31. The number of carbonyl (C=O) groups is 1. The van der Waals surface area contributed by atoms with Crippen LogP contribution < -0.4 is 11.1 Å². The molecule has 6 heteroatoms. The molecular formula is C20H25FN4O. The summed E-state index contributed by atoms with van der Waals surface area (Å²) in [7, 11) is 0. The van der Waals surface area contributed by atoms with Gasteiger partial charge in [-0.3, -0.25) is 4.79 Å². The fourth-order valence-corrected chi connectivity index (χ4v) is 4.36. The molecule has 4 rings (SSSR count). The van der Waals surface area contributed by atoms with Crippen molar-refractivity contribution >= 4 is 5.91 Å². The van der Waals surface area contributed by atoms with Crippen LogP contribution in [0.25, 0.3) is 5.69 Å². The number of hydrogen-bond donors (Lipinski definition) is 2. The van der Waals surface area contributed by atoms with Gasteiger partial charge in [0.05, 0.1) is 0 Å². The van der Waals surface area contributed by atoms with Crippen molar-refractivity contribution in [1.29, 1.82) is 0 Å². The van der Waals surface area contributed by atoms with E-state index in [0.29, 0.717) is 23.8 Å². The highest BCUT2D eigenvalue weighted by molar-refractivity contribution is 5.94. The number of nitrogens with zero attached hydrogens (tertiary/aromatic N) is 2. The van der Waals surface area contributed by atoms with Crippen LogP contribution in [0.3, 0.4) is 0 Å². The van der Waals surface area contributed by atoms with Crippen LogP contribution in [0.2, 0.25) is 0 Å². The highest BCUT2D eigenvalue weighted by Crippen LogP contribution is 2.29. The molecule has 1 aromatic heterocycles. The van der Waals surface area contributed by atoms with E-state index in [1.165, 1.54) is 12.5 Å². The molecule has 26 heavy (non-hydrogen) atoms. The summed E-state index contributed by atoms with van der Waals surface area (Å²) < 4.78 is 15.9. The first-order valence-corrected chi connectivity index (χ1v) is 9.55. The zero-order valence-electron chi connectivity index (χ0n) is 14.9. The number of carbonyl (C=O) groups excluding carboxylic acids is 1. The van der Waals surface area contributed by atoms with Gasteiger partial charge in [-0.2, -0.15) is 5.10 Å². The molecule has 2 atom stereocenters. The zero-order valence-corrected chi connectivity index (χ0v) is 14.9. The summed E-state index contributed by atoms with van der Waals surface area (Å²) in [6.45, 7) is 0.590. The van der Waals surface area contributed by atoms with Gasteiger partial charge in [0.25, 0.3) is 5.91 Å². The Hall–Kier alpha value is -2.21. The van der Waals surface area contributed by atoms with Crippen molar-refractivity contribution in [3.8, 4) is 5.69 Å². The van der Waals surface area contributed by atoms with Crippen molar-refractivity contribution in [3.05, 3.63) is 47.0 Å². The molecule has 5 nitrogen and oxygen atoms in total. The molecule has 2 aliphatic rings. The minimum absolute atomic E-state index is 0.108. The number of halogens is 1. The van der Waals surface area contributed by atoms with Crippen molar-refractivity contribution < 1.29 is 9.18 Å². The van der Waals surface area contributed by atoms with E-state index in [4.69, 9.17) is 5.73 Å². The average molecular weight is 356 g/mol. The average Bonchev–Trinajstić information content (AvgIpc) is 3.25. The Labute approximate surface area is 152 Å². The summed E-state index contributed by atoms with van der Waals surface area (Å²) >= 11 is 0. The molecule has 0 aliphatic heterocycles. The number of fused-ring (bicyclic) bond motifs is 1. The number of para-hydroxylation sites is 1. The quantitative estimate of drug-likeness (QED) is 0.885. The molecule has 0 saturated heterocycles. The van der Waals surface area contributed by atoms with E-state index in [1.54, 1.807) is 22.9 Å². The highest BCUT2D eigenvalue weighted by atomic mass is 19.1. The van der Waals surface area contributed by atoms with Crippen LogP contribution in [-0.4, -0.2) is 28.3 Å². The van der Waals surface area contributed by atoms with Gasteiger partial charge in [0.2, 0.25) is 0 Å². The lowest BCUT2D eigenvalue weighted by atomic mass is 9.84. The minimum Gasteiger partial charge on any atom is -0.348 e. The molecule has 1 aromatic carbocycles. The Kier molecular flexibility index (Phi) is 4.76. The molecule has 0 bridgehead atoms. The number of amides is 1. The van der Waals surface area contributed by atoms with E-state index in [0.717, 1.165) is 49.8 Å². The summed E-state index contributed by atoms with van der Waals surface area (Å²) in [5.41, 5.74) is 8.65. The summed E-state index contributed by atoms with van der Waals surface area (Å²) in [5.74, 6) is -0.148. The van der Waals surface area contributed by atoms with Gasteiger partial charge in [0.1, 0.15) is 11.5 Å². The molecule has 138 valence electrons. The van der Waals surface area contributed by atoms with Gasteiger partial charge < -0.3 is 11.1 Å². The van der Waals surface area contributed by atoms with E-state index < -0.39 is 0 Å². The van der Waals surface area contributed by atoms with E-state index in [2.05, 4.69) is 10.4 Å². The number of nitrogens with one attached hydrogen (secondary N) is 1. The third-order valence-corrected chi connectivity index (χ3v) is 5.75. The molecular weight excluding hydrogens is 331 g/mol. The number of rotatable bonds is 4. The lowest BCUT2D eigenvalue weighted by Crippen LogP contribution is -2.45. The van der Waals surface area contributed by atoms with Crippen molar-refractivity contribution in [3.63, 3.8) is 0 Å². The van der Waals surface area contributed by atoms with Crippen molar-refractivity contribution in [2.45, 2.75) is 51.0 Å². The molecule has 2 aliphatic carbocycles. The van der Waals surface area contributed by atoms with E-state index in [-0.39, 0.29) is 17.8 Å². The lowest BCUT2D eigenvalue weighted by molar-refractivity contribution is 0.0901. The molecule has 1 fully saturated rings. The number of aromatic nitrogens is 2. The topological polar surface area (TPSA) is 72.9 Å². The van der Waals surface area contributed by atoms with Crippen LogP contribution in [0.1, 0.15) is 53.8 Å². The largest absolute Gasteiger partial charge is 0.348 e. The second-order valence-electron chi connectivity index (χ2n) is 7.35. The molecule has 1 heterocycles. The van der Waals surface area contributed by atoms with Gasteiger partial charge >= 0.3 is 0 Å². The third-order valence-electron chi connectivity index (χ3n) is 5.75. The molecule has 2 unspecified atom stereocenters. The zero-order chi connectivity index (χ0) is 18.1. The van der Waals surface area contributed by atoms with Gasteiger partial charge in [-0.1, -0.05) is 25.0 Å². The van der Waals surface area contributed by atoms with Crippen LogP contribution in [0.5, 0.6) is 0 Å². The van der Waals surface area contributed by atoms with Crippen molar-refractivity contribution in [2.75, 3.05) is 6.54 Å². The van der Waals surface area contributed by atoms with Crippen LogP contribution in [-0.2, 0) is 12.8 Å². The standard InChI is InChI=1S/C20H25FN4O/c21-15-8-2-4-10-18(15)25-17-11-5-7-14(17)19(24-25)20(26)23-16-9-3-1-6-13(16)12-22/h2,4,8,10,13,16H,1,3,5-7,9,11-12,22H2,(H,23,26). The van der Waals surface area contributed by atoms with Gasteiger partial charge in [-0.15, -0.1) is 0 Å². The monoisotopic (exact) mass is 356 g/mol. The molecule has 0 radical (unpaired) electrons. The fraction of sp³-hybridized carbons (Fsp3) is 0.500. The second-order valence-corrected chi connectivity index (χ2v) is 7.35. The Balaban J connectivity index is 1.64. The molecule has 0 spiro atoms. The molecule has 1 saturated carbocycles. The summed E-state index contributed by atoms with van der Waals surface area (Å²) in [6.07, 6.45) is 6.91. The van der Waals surface area contributed by atoms with Crippen molar-refractivity contribution in [1.82, 2.24) is 15.1 Å². The number of benzene rings is 1. The van der Waals surface area contributed by atoms with Gasteiger partial charge in [-0.05, 0) is 56.7 Å². The smallest absolute Gasteiger partial charge is 0.272 e. The maximum atomic E-state index is 14.2. The maximum absolute atomic E-state index is 14.2. The maximum Gasteiger partial charge on any atom is 0.272 e. The van der Waals surface area contributed by atoms with Crippen molar-refractivity contribution in [2.24, 2.45) is 11.7 Å². The van der Waals surface area contributed by atoms with E-state index in [9.17, 15) is 9.18 Å². The van der Waals surface area contributed by atoms with E-state index in [1.807, 2.05) is 0 Å². The Morgan fingerprint density at radius 3 is 2.85 bits per heavy atom. The first-order valence-electron chi connectivity index (χ1n) is 9.55. The summed E-state index contributed by atoms with van der Waals surface area (Å²) in [6, 6.07) is 6.68. The number of nitrogens with two attached hydrogens (primary N) is 1. The molecule has 1 amide bonds. The van der Waals surface area contributed by atoms with Gasteiger partial charge in [0.15, 0.2) is 5.69 Å². The van der Waals surface area contributed by atoms with Crippen LogP contribution >= 0.6 is 0 Å². The number of hydrogen-bond acceptors (Lipinski definition) is 3. The van der Waals surface area contributed by atoms with Crippen LogP contribution in [0.15, 0.2) is 24.3 Å².